The normalized spacial score (nSPS) is 13.5. The van der Waals surface area contributed by atoms with Gasteiger partial charge in [-0.05, 0) is 12.5 Å². The maximum absolute atomic E-state index is 12.3. The molecule has 0 radical (unpaired) electrons. The van der Waals surface area contributed by atoms with Gasteiger partial charge in [-0.15, -0.1) is 0 Å². The van der Waals surface area contributed by atoms with Crippen molar-refractivity contribution in [2.45, 2.75) is 26.2 Å². The Kier molecular flexibility index (Phi) is 2.10. The molecule has 0 saturated heterocycles. The van der Waals surface area contributed by atoms with Gasteiger partial charge < -0.3 is 4.42 Å². The highest BCUT2D eigenvalue weighted by atomic mass is 19.1. The lowest BCUT2D eigenvalue weighted by molar-refractivity contribution is 0.325. The van der Waals surface area contributed by atoms with Crippen LogP contribution in [0.25, 0.3) is 0 Å². The summed E-state index contributed by atoms with van der Waals surface area (Å²) < 4.78 is 17.0. The van der Waals surface area contributed by atoms with Gasteiger partial charge in [0.25, 0.3) is 6.01 Å². The van der Waals surface area contributed by atoms with Crippen molar-refractivity contribution >= 4 is 0 Å². The van der Waals surface area contributed by atoms with Gasteiger partial charge in [-0.3, -0.25) is 0 Å². The summed E-state index contributed by atoms with van der Waals surface area (Å²) in [4.78, 5) is 0. The lowest BCUT2D eigenvalue weighted by atomic mass is 10.1. The van der Waals surface area contributed by atoms with Crippen molar-refractivity contribution in [1.82, 2.24) is 0 Å². The largest absolute Gasteiger partial charge is 0.436 e. The van der Waals surface area contributed by atoms with E-state index in [9.17, 15) is 4.39 Å². The zero-order valence-electron chi connectivity index (χ0n) is 6.23. The van der Waals surface area contributed by atoms with Gasteiger partial charge in [0.2, 0.25) is 0 Å². The van der Waals surface area contributed by atoms with Crippen molar-refractivity contribution in [3.8, 4) is 0 Å². The quantitative estimate of drug-likeness (QED) is 0.618. The summed E-state index contributed by atoms with van der Waals surface area (Å²) >= 11 is 0. The molecule has 0 N–H and O–H groups in total. The van der Waals surface area contributed by atoms with Crippen LogP contribution in [0.3, 0.4) is 0 Å². The van der Waals surface area contributed by atoms with Crippen LogP contribution in [-0.4, -0.2) is 0 Å². The third kappa shape index (κ3) is 1.38. The maximum atomic E-state index is 12.3. The number of furan rings is 1. The molecular weight excluding hydrogens is 131 g/mol. The second-order valence-electron chi connectivity index (χ2n) is 2.45. The van der Waals surface area contributed by atoms with E-state index in [2.05, 4.69) is 0 Å². The van der Waals surface area contributed by atoms with Gasteiger partial charge in [0.05, 0.1) is 0 Å². The lowest BCUT2D eigenvalue weighted by Crippen LogP contribution is -1.86. The molecule has 0 fully saturated rings. The van der Waals surface area contributed by atoms with Crippen LogP contribution in [0.1, 0.15) is 31.9 Å². The van der Waals surface area contributed by atoms with Crippen molar-refractivity contribution in [2.75, 3.05) is 0 Å². The van der Waals surface area contributed by atoms with Crippen LogP contribution in [0.15, 0.2) is 16.5 Å². The van der Waals surface area contributed by atoms with Gasteiger partial charge in [0.15, 0.2) is 0 Å². The molecule has 10 heavy (non-hydrogen) atoms. The van der Waals surface area contributed by atoms with Gasteiger partial charge in [-0.2, -0.15) is 4.39 Å². The highest BCUT2D eigenvalue weighted by Gasteiger charge is 2.06. The first-order valence-electron chi connectivity index (χ1n) is 3.49. The third-order valence-electron chi connectivity index (χ3n) is 1.69. The summed E-state index contributed by atoms with van der Waals surface area (Å²) in [5.74, 6) is 1.06. The van der Waals surface area contributed by atoms with Gasteiger partial charge in [-0.25, -0.2) is 0 Å². The molecule has 1 heterocycles. The minimum atomic E-state index is -0.490. The van der Waals surface area contributed by atoms with E-state index >= 15 is 0 Å². The number of halogens is 1. The second-order valence-corrected chi connectivity index (χ2v) is 2.45. The Hall–Kier alpha value is -0.790. The minimum Gasteiger partial charge on any atom is -0.436 e. The summed E-state index contributed by atoms with van der Waals surface area (Å²) in [6, 6.07) is 2.54. The molecule has 0 aromatic carbocycles. The number of rotatable bonds is 2. The summed E-state index contributed by atoms with van der Waals surface area (Å²) in [5, 5.41) is 0. The van der Waals surface area contributed by atoms with Crippen LogP contribution in [0.5, 0.6) is 0 Å². The molecule has 1 aromatic heterocycles. The van der Waals surface area contributed by atoms with E-state index in [-0.39, 0.29) is 0 Å². The summed E-state index contributed by atoms with van der Waals surface area (Å²) in [7, 11) is 0. The topological polar surface area (TPSA) is 13.1 Å². The van der Waals surface area contributed by atoms with E-state index < -0.39 is 6.01 Å². The van der Waals surface area contributed by atoms with Gasteiger partial charge in [-0.1, -0.05) is 13.8 Å². The summed E-state index contributed by atoms with van der Waals surface area (Å²) in [6.45, 7) is 4.06. The summed E-state index contributed by atoms with van der Waals surface area (Å²) in [5.41, 5.74) is 0. The smallest absolute Gasteiger partial charge is 0.277 e. The molecule has 56 valence electrons. The van der Waals surface area contributed by atoms with Crippen molar-refractivity contribution < 1.29 is 8.81 Å². The van der Waals surface area contributed by atoms with E-state index in [4.69, 9.17) is 4.42 Å². The number of hydrogen-bond donors (Lipinski definition) is 0. The fraction of sp³-hybridized carbons (Fsp3) is 0.500. The van der Waals surface area contributed by atoms with Crippen molar-refractivity contribution in [3.05, 3.63) is 23.9 Å². The predicted octanol–water partition coefficient (Wildman–Crippen LogP) is 2.93. The van der Waals surface area contributed by atoms with Crippen LogP contribution in [-0.2, 0) is 0 Å². The average Bonchev–Trinajstić information content (AvgIpc) is 2.34. The molecule has 0 aliphatic heterocycles. The van der Waals surface area contributed by atoms with E-state index in [1.807, 2.05) is 13.8 Å². The zero-order chi connectivity index (χ0) is 7.56. The van der Waals surface area contributed by atoms with Crippen LogP contribution in [0.2, 0.25) is 0 Å². The number of hydrogen-bond acceptors (Lipinski definition) is 1. The first-order valence-corrected chi connectivity index (χ1v) is 3.49. The molecule has 1 atom stereocenters. The Balaban J connectivity index is 2.74. The van der Waals surface area contributed by atoms with E-state index in [0.29, 0.717) is 5.92 Å². The highest BCUT2D eigenvalue weighted by molar-refractivity contribution is 5.04. The van der Waals surface area contributed by atoms with Gasteiger partial charge in [0, 0.05) is 12.0 Å². The minimum absolute atomic E-state index is 0.324. The average molecular weight is 142 g/mol. The Morgan fingerprint density at radius 1 is 1.60 bits per heavy atom. The van der Waals surface area contributed by atoms with Gasteiger partial charge >= 0.3 is 0 Å². The highest BCUT2D eigenvalue weighted by Crippen LogP contribution is 2.19. The molecular formula is C8H11FO. The van der Waals surface area contributed by atoms with Crippen LogP contribution in [0, 0.1) is 6.01 Å². The molecule has 2 heteroatoms. The van der Waals surface area contributed by atoms with Gasteiger partial charge in [0.1, 0.15) is 5.76 Å². The van der Waals surface area contributed by atoms with Crippen molar-refractivity contribution in [2.24, 2.45) is 0 Å². The summed E-state index contributed by atoms with van der Waals surface area (Å²) in [6.07, 6.45) is 0.979. The van der Waals surface area contributed by atoms with Crippen molar-refractivity contribution in [1.29, 1.82) is 0 Å². The van der Waals surface area contributed by atoms with Crippen LogP contribution >= 0.6 is 0 Å². The molecule has 0 saturated carbocycles. The van der Waals surface area contributed by atoms with Crippen molar-refractivity contribution in [3.63, 3.8) is 0 Å². The fourth-order valence-electron chi connectivity index (χ4n) is 0.794. The fourth-order valence-corrected chi connectivity index (χ4v) is 0.794. The molecule has 1 unspecified atom stereocenters. The SMILES string of the molecule is CCC(C)c1ccc(F)o1. The Morgan fingerprint density at radius 3 is 2.70 bits per heavy atom. The molecule has 1 rings (SSSR count). The first-order chi connectivity index (χ1) is 4.74. The standard InChI is InChI=1S/C8H11FO/c1-3-6(2)7-4-5-8(9)10-7/h4-6H,3H2,1-2H3. The first kappa shape index (κ1) is 7.32. The molecule has 0 spiro atoms. The Morgan fingerprint density at radius 2 is 2.30 bits per heavy atom. The molecule has 0 bridgehead atoms. The van der Waals surface area contributed by atoms with E-state index in [0.717, 1.165) is 12.2 Å². The van der Waals surface area contributed by atoms with E-state index in [1.54, 1.807) is 6.07 Å². The molecule has 1 nitrogen and oxygen atoms in total. The predicted molar refractivity (Wildman–Crippen MR) is 37.4 cm³/mol. The third-order valence-corrected chi connectivity index (χ3v) is 1.69. The Bertz CT molecular complexity index is 205. The van der Waals surface area contributed by atoms with E-state index in [1.165, 1.54) is 6.07 Å². The Labute approximate surface area is 59.9 Å². The van der Waals surface area contributed by atoms with Crippen LogP contribution in [0.4, 0.5) is 4.39 Å². The monoisotopic (exact) mass is 142 g/mol. The molecule has 0 aliphatic rings. The molecule has 0 aliphatic carbocycles. The lowest BCUT2D eigenvalue weighted by Gasteiger charge is -2.01. The van der Waals surface area contributed by atoms with Crippen LogP contribution < -0.4 is 0 Å². The zero-order valence-corrected chi connectivity index (χ0v) is 6.23. The molecule has 1 aromatic rings. The second kappa shape index (κ2) is 2.86. The molecule has 0 amide bonds. The maximum Gasteiger partial charge on any atom is 0.277 e.